The molecule has 0 spiro atoms. The molecule has 4 heteroatoms. The molecule has 0 aliphatic carbocycles. The van der Waals surface area contributed by atoms with E-state index in [0.29, 0.717) is 33.7 Å². The van der Waals surface area contributed by atoms with Crippen molar-refractivity contribution in [2.24, 2.45) is 0 Å². The highest BCUT2D eigenvalue weighted by molar-refractivity contribution is 6.48. The van der Waals surface area contributed by atoms with Crippen LogP contribution in [0.25, 0.3) is 0 Å². The van der Waals surface area contributed by atoms with Crippen LogP contribution in [0.2, 0.25) is 15.1 Å². The first-order chi connectivity index (χ1) is 8.65. The lowest BCUT2D eigenvalue weighted by Gasteiger charge is -2.21. The van der Waals surface area contributed by atoms with Crippen molar-refractivity contribution < 1.29 is 4.79 Å². The van der Waals surface area contributed by atoms with Gasteiger partial charge in [0.2, 0.25) is 0 Å². The molecule has 0 amide bonds. The Bertz CT molecular complexity index is 428. The Balaban J connectivity index is 0.000000459. The molecule has 0 heterocycles. The topological polar surface area (TPSA) is 17.1 Å². The largest absolute Gasteiger partial charge is 0.300 e. The Morgan fingerprint density at radius 2 is 1.47 bits per heavy atom. The van der Waals surface area contributed by atoms with Gasteiger partial charge in [0.1, 0.15) is 5.78 Å². The van der Waals surface area contributed by atoms with E-state index in [1.54, 1.807) is 6.07 Å². The minimum absolute atomic E-state index is 0.00862. The number of rotatable bonds is 2. The first-order valence-corrected chi connectivity index (χ1v) is 7.44. The molecule has 0 fully saturated rings. The van der Waals surface area contributed by atoms with E-state index in [2.05, 4.69) is 20.8 Å². The van der Waals surface area contributed by atoms with Crippen molar-refractivity contribution in [3.8, 4) is 0 Å². The molecule has 0 bridgehead atoms. The number of carbonyl (C=O) groups is 1. The van der Waals surface area contributed by atoms with Crippen molar-refractivity contribution in [1.29, 1.82) is 0 Å². The normalized spacial score (nSPS) is 10.7. The van der Waals surface area contributed by atoms with Crippen LogP contribution in [0.3, 0.4) is 0 Å². The lowest BCUT2D eigenvalue weighted by molar-refractivity contribution is -0.118. The Kier molecular flexibility index (Phi) is 8.03. The van der Waals surface area contributed by atoms with Crippen molar-refractivity contribution in [2.45, 2.75) is 52.9 Å². The molecule has 0 aliphatic heterocycles. The Morgan fingerprint density at radius 1 is 1.00 bits per heavy atom. The molecule has 1 rings (SSSR count). The smallest absolute Gasteiger partial charge is 0.132 e. The average molecular weight is 324 g/mol. The highest BCUT2D eigenvalue weighted by Gasteiger charge is 2.19. The van der Waals surface area contributed by atoms with Gasteiger partial charge in [-0.3, -0.25) is 4.79 Å². The standard InChI is InChI=1S/C10H11Cl3.C5H10O/c1-10(2,3)6-4-5-7(11)9(13)8(6)12;1-3-5(6)4-2/h4-5H,1-3H3;3-4H2,1-2H3. The van der Waals surface area contributed by atoms with Crippen LogP contribution in [0.15, 0.2) is 12.1 Å². The first kappa shape index (κ1) is 18.8. The second-order valence-corrected chi connectivity index (χ2v) is 6.38. The highest BCUT2D eigenvalue weighted by Crippen LogP contribution is 2.38. The summed E-state index contributed by atoms with van der Waals surface area (Å²) in [5.74, 6) is 0.343. The molecule has 0 aromatic heterocycles. The molecular formula is C15H21Cl3O. The van der Waals surface area contributed by atoms with Gasteiger partial charge in [-0.25, -0.2) is 0 Å². The van der Waals surface area contributed by atoms with Crippen LogP contribution in [0.5, 0.6) is 0 Å². The average Bonchev–Trinajstić information content (AvgIpc) is 2.34. The number of hydrogen-bond donors (Lipinski definition) is 0. The molecule has 1 aromatic carbocycles. The first-order valence-electron chi connectivity index (χ1n) is 6.30. The maximum atomic E-state index is 10.2. The van der Waals surface area contributed by atoms with Crippen molar-refractivity contribution in [1.82, 2.24) is 0 Å². The summed E-state index contributed by atoms with van der Waals surface area (Å²) in [5, 5.41) is 1.50. The van der Waals surface area contributed by atoms with Crippen LogP contribution in [0, 0.1) is 0 Å². The summed E-state index contributed by atoms with van der Waals surface area (Å²) < 4.78 is 0. The van der Waals surface area contributed by atoms with E-state index in [9.17, 15) is 4.79 Å². The Labute approximate surface area is 131 Å². The van der Waals surface area contributed by atoms with E-state index >= 15 is 0 Å². The third-order valence-corrected chi connectivity index (χ3v) is 3.93. The van der Waals surface area contributed by atoms with E-state index < -0.39 is 0 Å². The predicted molar refractivity (Wildman–Crippen MR) is 85.8 cm³/mol. The summed E-state index contributed by atoms with van der Waals surface area (Å²) in [5.41, 5.74) is 1.01. The monoisotopic (exact) mass is 322 g/mol. The fourth-order valence-corrected chi connectivity index (χ4v) is 2.17. The Hall–Kier alpha value is -0.240. The summed E-state index contributed by atoms with van der Waals surface area (Å²) in [6.45, 7) is 10.0. The van der Waals surface area contributed by atoms with Crippen LogP contribution in [0.1, 0.15) is 53.0 Å². The summed E-state index contributed by atoms with van der Waals surface area (Å²) in [6.07, 6.45) is 1.38. The molecule has 0 saturated carbocycles. The van der Waals surface area contributed by atoms with Gasteiger partial charge in [0.05, 0.1) is 15.1 Å². The molecule has 0 radical (unpaired) electrons. The van der Waals surface area contributed by atoms with Crippen molar-refractivity contribution >= 4 is 40.6 Å². The fourth-order valence-electron chi connectivity index (χ4n) is 1.36. The number of Topliss-reactive ketones (excluding diaryl/α,β-unsaturated/α-hetero) is 1. The van der Waals surface area contributed by atoms with E-state index in [-0.39, 0.29) is 5.41 Å². The zero-order valence-corrected chi connectivity index (χ0v) is 14.4. The van der Waals surface area contributed by atoms with Crippen LogP contribution in [-0.4, -0.2) is 5.78 Å². The molecule has 108 valence electrons. The molecule has 19 heavy (non-hydrogen) atoms. The highest BCUT2D eigenvalue weighted by atomic mass is 35.5. The maximum Gasteiger partial charge on any atom is 0.132 e. The summed E-state index contributed by atoms with van der Waals surface area (Å²) in [4.78, 5) is 10.2. The lowest BCUT2D eigenvalue weighted by Crippen LogP contribution is -2.11. The second kappa shape index (κ2) is 8.14. The number of ketones is 1. The van der Waals surface area contributed by atoms with Gasteiger partial charge < -0.3 is 0 Å². The van der Waals surface area contributed by atoms with Crippen molar-refractivity contribution in [3.05, 3.63) is 32.8 Å². The quantitative estimate of drug-likeness (QED) is 0.582. The number of benzene rings is 1. The molecule has 0 unspecified atom stereocenters. The van der Waals surface area contributed by atoms with Gasteiger partial charge in [-0.1, -0.05) is 75.5 Å². The fraction of sp³-hybridized carbons (Fsp3) is 0.533. The van der Waals surface area contributed by atoms with E-state index in [1.165, 1.54) is 0 Å². The van der Waals surface area contributed by atoms with Crippen molar-refractivity contribution in [3.63, 3.8) is 0 Å². The maximum absolute atomic E-state index is 10.2. The second-order valence-electron chi connectivity index (χ2n) is 5.22. The van der Waals surface area contributed by atoms with Gasteiger partial charge in [0.25, 0.3) is 0 Å². The SMILES string of the molecule is CC(C)(C)c1ccc(Cl)c(Cl)c1Cl.CCC(=O)CC. The summed E-state index contributed by atoms with van der Waals surface area (Å²) in [6, 6.07) is 3.69. The van der Waals surface area contributed by atoms with Gasteiger partial charge in [0, 0.05) is 12.8 Å². The molecule has 1 nitrogen and oxygen atoms in total. The Morgan fingerprint density at radius 3 is 1.79 bits per heavy atom. The van der Waals surface area contributed by atoms with Gasteiger partial charge in [-0.2, -0.15) is 0 Å². The zero-order chi connectivity index (χ0) is 15.2. The predicted octanol–water partition coefficient (Wildman–Crippen LogP) is 6.32. The minimum Gasteiger partial charge on any atom is -0.300 e. The zero-order valence-electron chi connectivity index (χ0n) is 12.1. The summed E-state index contributed by atoms with van der Waals surface area (Å²) in [7, 11) is 0. The van der Waals surface area contributed by atoms with Gasteiger partial charge in [0.15, 0.2) is 0 Å². The molecule has 0 saturated heterocycles. The van der Waals surface area contributed by atoms with Crippen LogP contribution in [-0.2, 0) is 10.2 Å². The number of carbonyl (C=O) groups excluding carboxylic acids is 1. The third kappa shape index (κ3) is 6.16. The van der Waals surface area contributed by atoms with Crippen LogP contribution < -0.4 is 0 Å². The molecule has 0 aliphatic rings. The number of hydrogen-bond acceptors (Lipinski definition) is 1. The lowest BCUT2D eigenvalue weighted by atomic mass is 9.87. The van der Waals surface area contributed by atoms with Gasteiger partial charge in [-0.15, -0.1) is 0 Å². The molecule has 0 atom stereocenters. The van der Waals surface area contributed by atoms with E-state index in [4.69, 9.17) is 34.8 Å². The van der Waals surface area contributed by atoms with Crippen molar-refractivity contribution in [2.75, 3.05) is 0 Å². The van der Waals surface area contributed by atoms with E-state index in [0.717, 1.165) is 5.56 Å². The van der Waals surface area contributed by atoms with E-state index in [1.807, 2.05) is 19.9 Å². The number of halogens is 3. The molecule has 0 N–H and O–H groups in total. The molecular weight excluding hydrogens is 303 g/mol. The third-order valence-electron chi connectivity index (χ3n) is 2.63. The van der Waals surface area contributed by atoms with Crippen LogP contribution >= 0.6 is 34.8 Å². The molecule has 1 aromatic rings. The van der Waals surface area contributed by atoms with Crippen LogP contribution in [0.4, 0.5) is 0 Å². The minimum atomic E-state index is -0.00862. The van der Waals surface area contributed by atoms with Gasteiger partial charge >= 0.3 is 0 Å². The van der Waals surface area contributed by atoms with Gasteiger partial charge in [-0.05, 0) is 17.0 Å². The summed E-state index contributed by atoms with van der Waals surface area (Å²) >= 11 is 17.8.